The van der Waals surface area contributed by atoms with E-state index in [4.69, 9.17) is 0 Å². The third-order valence-corrected chi connectivity index (χ3v) is 2.94. The number of rotatable bonds is 7. The Morgan fingerprint density at radius 3 is 1.93 bits per heavy atom. The number of hydrogen-bond acceptors (Lipinski definition) is 1. The fourth-order valence-electron chi connectivity index (χ4n) is 2.21. The van der Waals surface area contributed by atoms with Gasteiger partial charge in [0.15, 0.2) is 0 Å². The summed E-state index contributed by atoms with van der Waals surface area (Å²) in [6.45, 7) is 10.7. The largest absolute Gasteiger partial charge is 0.300 e. The smallest absolute Gasteiger partial charge is 0.130 e. The topological polar surface area (TPSA) is 17.1 Å². The van der Waals surface area contributed by atoms with E-state index < -0.39 is 0 Å². The van der Waals surface area contributed by atoms with Crippen molar-refractivity contribution in [3.63, 3.8) is 0 Å². The highest BCUT2D eigenvalue weighted by Crippen LogP contribution is 2.22. The second kappa shape index (κ2) is 7.03. The van der Waals surface area contributed by atoms with E-state index in [2.05, 4.69) is 27.7 Å². The molecule has 0 saturated carbocycles. The second-order valence-corrected chi connectivity index (χ2v) is 5.10. The fraction of sp³-hybridized carbons (Fsp3) is 0.923. The molecule has 0 aliphatic heterocycles. The molecule has 0 rings (SSSR count). The predicted octanol–water partition coefficient (Wildman–Crippen LogP) is 4.06. The van der Waals surface area contributed by atoms with Gasteiger partial charge in [-0.3, -0.25) is 0 Å². The van der Waals surface area contributed by atoms with Gasteiger partial charge < -0.3 is 4.79 Å². The molecule has 84 valence electrons. The molecule has 0 aromatic carbocycles. The summed E-state index contributed by atoms with van der Waals surface area (Å²) in [4.78, 5) is 10.9. The summed E-state index contributed by atoms with van der Waals surface area (Å²) in [5.74, 6) is 2.48. The Bertz CT molecular complexity index is 163. The van der Waals surface area contributed by atoms with Crippen LogP contribution in [-0.4, -0.2) is 5.78 Å². The summed E-state index contributed by atoms with van der Waals surface area (Å²) in [7, 11) is 0. The average Bonchev–Trinajstić information content (AvgIpc) is 2.01. The summed E-state index contributed by atoms with van der Waals surface area (Å²) in [6, 6.07) is 0. The third-order valence-electron chi connectivity index (χ3n) is 2.94. The van der Waals surface area contributed by atoms with Crippen molar-refractivity contribution < 1.29 is 4.79 Å². The van der Waals surface area contributed by atoms with Crippen LogP contribution < -0.4 is 0 Å². The number of Topliss-reactive ketones (excluding diaryl/α,β-unsaturated/α-hetero) is 1. The molecule has 0 heterocycles. The van der Waals surface area contributed by atoms with E-state index in [0.29, 0.717) is 11.7 Å². The molecule has 0 aliphatic rings. The highest BCUT2D eigenvalue weighted by Gasteiger charge is 2.12. The van der Waals surface area contributed by atoms with E-state index in [1.165, 1.54) is 19.3 Å². The van der Waals surface area contributed by atoms with Crippen molar-refractivity contribution in [2.45, 2.75) is 60.3 Å². The first-order valence-electron chi connectivity index (χ1n) is 5.95. The molecule has 0 amide bonds. The van der Waals surface area contributed by atoms with Crippen molar-refractivity contribution in [1.82, 2.24) is 0 Å². The number of carbonyl (C=O) groups is 1. The Labute approximate surface area is 89.3 Å². The lowest BCUT2D eigenvalue weighted by Crippen LogP contribution is -2.09. The Hall–Kier alpha value is -0.330. The SMILES string of the molecule is CCC(C)CC(C)CC(C)CC(C)=O. The van der Waals surface area contributed by atoms with Crippen molar-refractivity contribution in [2.24, 2.45) is 17.8 Å². The number of hydrogen-bond donors (Lipinski definition) is 0. The maximum Gasteiger partial charge on any atom is 0.130 e. The minimum absolute atomic E-state index is 0.327. The van der Waals surface area contributed by atoms with Crippen molar-refractivity contribution in [3.05, 3.63) is 0 Å². The van der Waals surface area contributed by atoms with E-state index in [1.54, 1.807) is 6.92 Å². The van der Waals surface area contributed by atoms with Crippen LogP contribution in [0.3, 0.4) is 0 Å². The van der Waals surface area contributed by atoms with Crippen LogP contribution in [0.5, 0.6) is 0 Å². The average molecular weight is 198 g/mol. The van der Waals surface area contributed by atoms with Crippen LogP contribution in [0.25, 0.3) is 0 Å². The van der Waals surface area contributed by atoms with Crippen LogP contribution in [0.2, 0.25) is 0 Å². The molecule has 0 bridgehead atoms. The Kier molecular flexibility index (Phi) is 6.86. The van der Waals surface area contributed by atoms with Gasteiger partial charge in [-0.1, -0.05) is 34.1 Å². The molecule has 0 aromatic rings. The molecule has 1 nitrogen and oxygen atoms in total. The van der Waals surface area contributed by atoms with Crippen molar-refractivity contribution in [1.29, 1.82) is 0 Å². The monoisotopic (exact) mass is 198 g/mol. The van der Waals surface area contributed by atoms with E-state index >= 15 is 0 Å². The zero-order chi connectivity index (χ0) is 11.1. The normalized spacial score (nSPS) is 17.5. The molecule has 0 N–H and O–H groups in total. The highest BCUT2D eigenvalue weighted by molar-refractivity contribution is 5.75. The van der Waals surface area contributed by atoms with Gasteiger partial charge in [0.1, 0.15) is 5.78 Å². The van der Waals surface area contributed by atoms with E-state index in [-0.39, 0.29) is 0 Å². The molecule has 0 saturated heterocycles. The first kappa shape index (κ1) is 13.7. The summed E-state index contributed by atoms with van der Waals surface area (Å²) in [5.41, 5.74) is 0. The minimum Gasteiger partial charge on any atom is -0.300 e. The molecule has 1 heteroatoms. The minimum atomic E-state index is 0.327. The zero-order valence-corrected chi connectivity index (χ0v) is 10.5. The summed E-state index contributed by atoms with van der Waals surface area (Å²) in [6.07, 6.45) is 4.53. The predicted molar refractivity (Wildman–Crippen MR) is 62.3 cm³/mol. The molecule has 14 heavy (non-hydrogen) atoms. The van der Waals surface area contributed by atoms with Crippen LogP contribution >= 0.6 is 0 Å². The summed E-state index contributed by atoms with van der Waals surface area (Å²) in [5, 5.41) is 0. The third kappa shape index (κ3) is 7.11. The lowest BCUT2D eigenvalue weighted by Gasteiger charge is -2.19. The van der Waals surface area contributed by atoms with Gasteiger partial charge in [0.05, 0.1) is 0 Å². The molecular formula is C13H26O. The molecule has 0 aromatic heterocycles. The van der Waals surface area contributed by atoms with Gasteiger partial charge in [-0.05, 0) is 37.5 Å². The maximum atomic E-state index is 10.9. The summed E-state index contributed by atoms with van der Waals surface area (Å²) < 4.78 is 0. The van der Waals surface area contributed by atoms with E-state index in [0.717, 1.165) is 18.3 Å². The van der Waals surface area contributed by atoms with Crippen LogP contribution in [0, 0.1) is 17.8 Å². The van der Waals surface area contributed by atoms with Crippen LogP contribution in [0.15, 0.2) is 0 Å². The van der Waals surface area contributed by atoms with Gasteiger partial charge in [0.2, 0.25) is 0 Å². The molecule has 3 unspecified atom stereocenters. The van der Waals surface area contributed by atoms with Crippen molar-refractivity contribution in [2.75, 3.05) is 0 Å². The van der Waals surface area contributed by atoms with Crippen LogP contribution in [0.1, 0.15) is 60.3 Å². The quantitative estimate of drug-likeness (QED) is 0.603. The standard InChI is InChI=1S/C13H26O/c1-6-10(2)7-11(3)8-12(4)9-13(5)14/h10-12H,6-9H2,1-5H3. The highest BCUT2D eigenvalue weighted by atomic mass is 16.1. The second-order valence-electron chi connectivity index (χ2n) is 5.10. The molecule has 0 radical (unpaired) electrons. The zero-order valence-electron chi connectivity index (χ0n) is 10.5. The van der Waals surface area contributed by atoms with Gasteiger partial charge in [0.25, 0.3) is 0 Å². The van der Waals surface area contributed by atoms with Crippen molar-refractivity contribution in [3.8, 4) is 0 Å². The van der Waals surface area contributed by atoms with Crippen molar-refractivity contribution >= 4 is 5.78 Å². The van der Waals surface area contributed by atoms with Gasteiger partial charge in [-0.2, -0.15) is 0 Å². The molecule has 0 aliphatic carbocycles. The van der Waals surface area contributed by atoms with Gasteiger partial charge in [-0.15, -0.1) is 0 Å². The van der Waals surface area contributed by atoms with Crippen LogP contribution in [-0.2, 0) is 4.79 Å². The Balaban J connectivity index is 3.70. The molecular weight excluding hydrogens is 172 g/mol. The van der Waals surface area contributed by atoms with E-state index in [9.17, 15) is 4.79 Å². The van der Waals surface area contributed by atoms with Gasteiger partial charge >= 0.3 is 0 Å². The lowest BCUT2D eigenvalue weighted by atomic mass is 9.87. The molecule has 0 spiro atoms. The van der Waals surface area contributed by atoms with Crippen LogP contribution in [0.4, 0.5) is 0 Å². The van der Waals surface area contributed by atoms with E-state index in [1.807, 2.05) is 0 Å². The van der Waals surface area contributed by atoms with Gasteiger partial charge in [0, 0.05) is 6.42 Å². The number of ketones is 1. The Morgan fingerprint density at radius 2 is 1.50 bits per heavy atom. The first-order valence-corrected chi connectivity index (χ1v) is 5.95. The molecule has 3 atom stereocenters. The first-order chi connectivity index (χ1) is 6.45. The Morgan fingerprint density at radius 1 is 1.00 bits per heavy atom. The maximum absolute atomic E-state index is 10.9. The summed E-state index contributed by atoms with van der Waals surface area (Å²) >= 11 is 0. The number of carbonyl (C=O) groups excluding carboxylic acids is 1. The molecule has 0 fully saturated rings. The van der Waals surface area contributed by atoms with Gasteiger partial charge in [-0.25, -0.2) is 0 Å². The lowest BCUT2D eigenvalue weighted by molar-refractivity contribution is -0.117. The fourth-order valence-corrected chi connectivity index (χ4v) is 2.21.